The normalized spacial score (nSPS) is 18.9. The Balaban J connectivity index is 1.54. The van der Waals surface area contributed by atoms with Gasteiger partial charge in [-0.3, -0.25) is 4.79 Å². The van der Waals surface area contributed by atoms with Crippen LogP contribution in [-0.2, 0) is 21.4 Å². The third kappa shape index (κ3) is 4.12. The van der Waals surface area contributed by atoms with Gasteiger partial charge in [0.1, 0.15) is 19.3 Å². The highest BCUT2D eigenvalue weighted by atomic mass is 35.5. The van der Waals surface area contributed by atoms with Gasteiger partial charge in [-0.25, -0.2) is 8.42 Å². The second-order valence-electron chi connectivity index (χ2n) is 7.40. The fraction of sp³-hybridized carbons (Fsp3) is 0.381. The highest BCUT2D eigenvalue weighted by molar-refractivity contribution is 7.89. The minimum atomic E-state index is -3.85. The summed E-state index contributed by atoms with van der Waals surface area (Å²) in [6, 6.07) is 11.1. The molecule has 2 heterocycles. The molecule has 0 radical (unpaired) electrons. The smallest absolute Gasteiger partial charge is 0.243 e. The molecule has 160 valence electrons. The van der Waals surface area contributed by atoms with Crippen LogP contribution in [-0.4, -0.2) is 56.4 Å². The summed E-state index contributed by atoms with van der Waals surface area (Å²) < 4.78 is 38.9. The summed E-state index contributed by atoms with van der Waals surface area (Å²) in [7, 11) is -2.17. The van der Waals surface area contributed by atoms with Crippen molar-refractivity contribution in [2.45, 2.75) is 30.3 Å². The van der Waals surface area contributed by atoms with E-state index in [4.69, 9.17) is 21.1 Å². The predicted molar refractivity (Wildman–Crippen MR) is 112 cm³/mol. The Kier molecular flexibility index (Phi) is 5.90. The van der Waals surface area contributed by atoms with Crippen molar-refractivity contribution in [3.8, 4) is 11.5 Å². The number of benzene rings is 2. The molecule has 2 aromatic rings. The summed E-state index contributed by atoms with van der Waals surface area (Å²) in [6.45, 7) is 1.46. The van der Waals surface area contributed by atoms with Crippen molar-refractivity contribution < 1.29 is 22.7 Å². The third-order valence-corrected chi connectivity index (χ3v) is 7.43. The third-order valence-electron chi connectivity index (χ3n) is 5.29. The summed E-state index contributed by atoms with van der Waals surface area (Å²) in [5, 5.41) is 0.594. The van der Waals surface area contributed by atoms with E-state index >= 15 is 0 Å². The zero-order chi connectivity index (χ0) is 21.3. The molecule has 7 nitrogen and oxygen atoms in total. The number of hydrogen-bond acceptors (Lipinski definition) is 5. The lowest BCUT2D eigenvalue weighted by atomic mass is 10.1. The Hall–Kier alpha value is -2.29. The molecule has 1 amide bonds. The number of fused-ring (bicyclic) bond motifs is 1. The van der Waals surface area contributed by atoms with Crippen LogP contribution in [0.25, 0.3) is 0 Å². The van der Waals surface area contributed by atoms with Gasteiger partial charge in [0.25, 0.3) is 0 Å². The lowest BCUT2D eigenvalue weighted by Gasteiger charge is -2.28. The van der Waals surface area contributed by atoms with Gasteiger partial charge < -0.3 is 14.4 Å². The van der Waals surface area contributed by atoms with Crippen molar-refractivity contribution in [2.24, 2.45) is 0 Å². The van der Waals surface area contributed by atoms with E-state index in [1.54, 1.807) is 30.1 Å². The first-order valence-corrected chi connectivity index (χ1v) is 11.6. The van der Waals surface area contributed by atoms with E-state index in [0.29, 0.717) is 55.7 Å². The second kappa shape index (κ2) is 8.45. The number of sulfonamides is 1. The fourth-order valence-corrected chi connectivity index (χ4v) is 5.72. The van der Waals surface area contributed by atoms with Gasteiger partial charge in [0.05, 0.1) is 4.90 Å². The molecule has 0 saturated carbocycles. The minimum absolute atomic E-state index is 0.101. The van der Waals surface area contributed by atoms with Crippen LogP contribution in [0, 0.1) is 0 Å². The van der Waals surface area contributed by atoms with Crippen molar-refractivity contribution >= 4 is 27.5 Å². The maximum absolute atomic E-state index is 13.3. The number of rotatable bonds is 5. The Morgan fingerprint density at radius 3 is 2.70 bits per heavy atom. The van der Waals surface area contributed by atoms with E-state index in [9.17, 15) is 13.2 Å². The molecule has 0 N–H and O–H groups in total. The molecule has 4 rings (SSSR count). The first-order valence-electron chi connectivity index (χ1n) is 9.77. The van der Waals surface area contributed by atoms with E-state index in [2.05, 4.69) is 0 Å². The summed E-state index contributed by atoms with van der Waals surface area (Å²) in [5.74, 6) is 0.701. The van der Waals surface area contributed by atoms with E-state index in [1.807, 2.05) is 12.1 Å². The van der Waals surface area contributed by atoms with E-state index in [0.717, 1.165) is 5.56 Å². The predicted octanol–water partition coefficient (Wildman–Crippen LogP) is 2.92. The first kappa shape index (κ1) is 21.0. The number of amides is 1. The second-order valence-corrected chi connectivity index (χ2v) is 9.73. The molecule has 2 aromatic carbocycles. The number of halogens is 1. The van der Waals surface area contributed by atoms with Crippen LogP contribution >= 0.6 is 11.6 Å². The van der Waals surface area contributed by atoms with Gasteiger partial charge in [0, 0.05) is 31.2 Å². The van der Waals surface area contributed by atoms with Gasteiger partial charge in [0.2, 0.25) is 15.9 Å². The van der Waals surface area contributed by atoms with Crippen molar-refractivity contribution in [1.82, 2.24) is 9.21 Å². The molecule has 1 unspecified atom stereocenters. The topological polar surface area (TPSA) is 76.2 Å². The molecular weight excluding hydrogens is 428 g/mol. The zero-order valence-electron chi connectivity index (χ0n) is 16.6. The van der Waals surface area contributed by atoms with Gasteiger partial charge >= 0.3 is 0 Å². The Morgan fingerprint density at radius 2 is 1.93 bits per heavy atom. The number of likely N-dealkylation sites (N-methyl/N-ethyl adjacent to an activating group) is 1. The van der Waals surface area contributed by atoms with E-state index < -0.39 is 16.1 Å². The van der Waals surface area contributed by atoms with Crippen LogP contribution in [0.4, 0.5) is 0 Å². The molecule has 1 fully saturated rings. The van der Waals surface area contributed by atoms with Crippen LogP contribution in [0.1, 0.15) is 18.4 Å². The summed E-state index contributed by atoms with van der Waals surface area (Å²) in [5.41, 5.74) is 0.887. The van der Waals surface area contributed by atoms with Crippen LogP contribution in [0.15, 0.2) is 47.4 Å². The SMILES string of the molecule is CN(Cc1cccc(Cl)c1)C(=O)C1CCCN1S(=O)(=O)c1ccc2c(c1)OCCO2. The quantitative estimate of drug-likeness (QED) is 0.700. The molecule has 2 aliphatic heterocycles. The Morgan fingerprint density at radius 1 is 1.17 bits per heavy atom. The van der Waals surface area contributed by atoms with Crippen LogP contribution in [0.2, 0.25) is 5.02 Å². The van der Waals surface area contributed by atoms with Crippen molar-refractivity contribution in [3.63, 3.8) is 0 Å². The highest BCUT2D eigenvalue weighted by Gasteiger charge is 2.41. The van der Waals surface area contributed by atoms with Crippen LogP contribution < -0.4 is 9.47 Å². The average molecular weight is 451 g/mol. The lowest BCUT2D eigenvalue weighted by Crippen LogP contribution is -2.46. The molecule has 0 aromatic heterocycles. The van der Waals surface area contributed by atoms with Gasteiger partial charge in [-0.05, 0) is 42.7 Å². The summed E-state index contributed by atoms with van der Waals surface area (Å²) >= 11 is 6.03. The standard InChI is InChI=1S/C21H23ClN2O5S/c1-23(14-15-4-2-5-16(22)12-15)21(25)18-6-3-9-24(18)30(26,27)17-7-8-19-20(13-17)29-11-10-28-19/h2,4-5,7-8,12-13,18H,3,6,9-11,14H2,1H3. The van der Waals surface area contributed by atoms with E-state index in [-0.39, 0.29) is 10.8 Å². The van der Waals surface area contributed by atoms with Crippen LogP contribution in [0.5, 0.6) is 11.5 Å². The molecule has 0 bridgehead atoms. The van der Waals surface area contributed by atoms with Crippen LogP contribution in [0.3, 0.4) is 0 Å². The lowest BCUT2D eigenvalue weighted by molar-refractivity contribution is -0.133. The number of nitrogens with zero attached hydrogens (tertiary/aromatic N) is 2. The van der Waals surface area contributed by atoms with Crippen molar-refractivity contribution in [1.29, 1.82) is 0 Å². The Labute approximate surface area is 181 Å². The molecule has 1 saturated heterocycles. The average Bonchev–Trinajstić information content (AvgIpc) is 3.23. The minimum Gasteiger partial charge on any atom is -0.486 e. The van der Waals surface area contributed by atoms with Gasteiger partial charge in [-0.1, -0.05) is 23.7 Å². The largest absolute Gasteiger partial charge is 0.486 e. The molecule has 1 atom stereocenters. The summed E-state index contributed by atoms with van der Waals surface area (Å²) in [6.07, 6.45) is 1.12. The summed E-state index contributed by atoms with van der Waals surface area (Å²) in [4.78, 5) is 14.7. The number of carbonyl (C=O) groups is 1. The monoisotopic (exact) mass is 450 g/mol. The number of hydrogen-bond donors (Lipinski definition) is 0. The van der Waals surface area contributed by atoms with Crippen molar-refractivity contribution in [2.75, 3.05) is 26.8 Å². The maximum Gasteiger partial charge on any atom is 0.243 e. The highest BCUT2D eigenvalue weighted by Crippen LogP contribution is 2.35. The van der Waals surface area contributed by atoms with Crippen molar-refractivity contribution in [3.05, 3.63) is 53.1 Å². The molecule has 0 spiro atoms. The molecule has 9 heteroatoms. The van der Waals surface area contributed by atoms with Gasteiger partial charge in [-0.2, -0.15) is 4.31 Å². The number of ether oxygens (including phenoxy) is 2. The zero-order valence-corrected chi connectivity index (χ0v) is 18.2. The molecule has 0 aliphatic carbocycles. The molecular formula is C21H23ClN2O5S. The fourth-order valence-electron chi connectivity index (χ4n) is 3.84. The first-order chi connectivity index (χ1) is 14.4. The van der Waals surface area contributed by atoms with E-state index in [1.165, 1.54) is 16.4 Å². The number of carbonyl (C=O) groups excluding carboxylic acids is 1. The molecule has 30 heavy (non-hydrogen) atoms. The Bertz CT molecular complexity index is 1060. The molecule has 2 aliphatic rings. The maximum atomic E-state index is 13.3. The van der Waals surface area contributed by atoms with Gasteiger partial charge in [-0.15, -0.1) is 0 Å². The van der Waals surface area contributed by atoms with Gasteiger partial charge in [0.15, 0.2) is 11.5 Å².